The van der Waals surface area contributed by atoms with Gasteiger partial charge in [0.1, 0.15) is 12.4 Å². The van der Waals surface area contributed by atoms with Gasteiger partial charge in [-0.2, -0.15) is 0 Å². The molecular weight excluding hydrogens is 226 g/mol. The Morgan fingerprint density at radius 2 is 2.06 bits per heavy atom. The highest BCUT2D eigenvalue weighted by atomic mass is 16.5. The predicted molar refractivity (Wildman–Crippen MR) is 73.0 cm³/mol. The first-order chi connectivity index (χ1) is 8.85. The fraction of sp³-hybridized carbons (Fsp3) is 0.467. The molecule has 0 amide bonds. The van der Waals surface area contributed by atoms with Crippen LogP contribution in [0.4, 0.5) is 5.69 Å². The van der Waals surface area contributed by atoms with Crippen molar-refractivity contribution >= 4 is 5.69 Å². The van der Waals surface area contributed by atoms with E-state index in [4.69, 9.17) is 9.84 Å². The van der Waals surface area contributed by atoms with E-state index in [0.717, 1.165) is 30.1 Å². The lowest BCUT2D eigenvalue weighted by Crippen LogP contribution is -2.29. The van der Waals surface area contributed by atoms with Crippen LogP contribution in [0.25, 0.3) is 0 Å². The molecule has 1 N–H and O–H groups in total. The van der Waals surface area contributed by atoms with E-state index in [1.807, 2.05) is 12.1 Å². The second kappa shape index (κ2) is 6.32. The fourth-order valence-corrected chi connectivity index (χ4v) is 2.29. The fourth-order valence-electron chi connectivity index (χ4n) is 2.29. The third-order valence-electron chi connectivity index (χ3n) is 3.19. The number of anilines is 1. The molecule has 18 heavy (non-hydrogen) atoms. The summed E-state index contributed by atoms with van der Waals surface area (Å²) in [6, 6.07) is 5.98. The molecule has 0 saturated carbocycles. The first kappa shape index (κ1) is 12.8. The zero-order valence-corrected chi connectivity index (χ0v) is 10.8. The average molecular weight is 245 g/mol. The van der Waals surface area contributed by atoms with E-state index in [-0.39, 0.29) is 6.61 Å². The molecule has 0 aromatic heterocycles. The van der Waals surface area contributed by atoms with Crippen LogP contribution < -0.4 is 9.64 Å². The Morgan fingerprint density at radius 3 is 2.72 bits per heavy atom. The second-order valence-corrected chi connectivity index (χ2v) is 4.39. The van der Waals surface area contributed by atoms with E-state index in [0.29, 0.717) is 0 Å². The Hall–Kier alpha value is -1.66. The normalized spacial score (nSPS) is 14.9. The molecule has 0 radical (unpaired) electrons. The average Bonchev–Trinajstić information content (AvgIpc) is 2.45. The minimum atomic E-state index is -0.115. The van der Waals surface area contributed by atoms with E-state index < -0.39 is 0 Å². The molecule has 96 valence electrons. The van der Waals surface area contributed by atoms with Gasteiger partial charge < -0.3 is 14.7 Å². The number of piperidine rings is 1. The highest BCUT2D eigenvalue weighted by molar-refractivity contribution is 5.61. The van der Waals surface area contributed by atoms with Gasteiger partial charge in [0.25, 0.3) is 0 Å². The lowest BCUT2D eigenvalue weighted by Gasteiger charge is -2.30. The van der Waals surface area contributed by atoms with E-state index in [9.17, 15) is 0 Å². The Kier molecular flexibility index (Phi) is 4.49. The third-order valence-corrected chi connectivity index (χ3v) is 3.19. The van der Waals surface area contributed by atoms with Crippen molar-refractivity contribution in [2.75, 3.05) is 31.7 Å². The summed E-state index contributed by atoms with van der Waals surface area (Å²) in [6.45, 7) is 2.08. The van der Waals surface area contributed by atoms with Crippen LogP contribution in [0.2, 0.25) is 0 Å². The number of rotatable bonds is 2. The van der Waals surface area contributed by atoms with E-state index >= 15 is 0 Å². The number of methoxy groups -OCH3 is 1. The number of benzene rings is 1. The number of nitrogens with zero attached hydrogens (tertiary/aromatic N) is 1. The van der Waals surface area contributed by atoms with Crippen LogP contribution in [-0.4, -0.2) is 31.9 Å². The van der Waals surface area contributed by atoms with Crippen molar-refractivity contribution in [3.63, 3.8) is 0 Å². The van der Waals surface area contributed by atoms with Crippen LogP contribution >= 0.6 is 0 Å². The Labute approximate surface area is 108 Å². The zero-order chi connectivity index (χ0) is 12.8. The number of hydrogen-bond acceptors (Lipinski definition) is 3. The van der Waals surface area contributed by atoms with Crippen LogP contribution in [0.3, 0.4) is 0 Å². The van der Waals surface area contributed by atoms with Gasteiger partial charge in [-0.3, -0.25) is 0 Å². The van der Waals surface area contributed by atoms with Crippen molar-refractivity contribution in [2.45, 2.75) is 19.3 Å². The molecule has 1 aliphatic heterocycles. The summed E-state index contributed by atoms with van der Waals surface area (Å²) >= 11 is 0. The smallest absolute Gasteiger partial charge is 0.143 e. The molecule has 0 spiro atoms. The van der Waals surface area contributed by atoms with Crippen molar-refractivity contribution in [1.29, 1.82) is 0 Å². The number of hydrogen-bond donors (Lipinski definition) is 1. The maximum Gasteiger partial charge on any atom is 0.143 e. The van der Waals surface area contributed by atoms with Crippen LogP contribution in [0.15, 0.2) is 18.2 Å². The minimum absolute atomic E-state index is 0.115. The lowest BCUT2D eigenvalue weighted by molar-refractivity contribution is 0.350. The van der Waals surface area contributed by atoms with Crippen LogP contribution in [0.5, 0.6) is 5.75 Å². The molecule has 0 unspecified atom stereocenters. The van der Waals surface area contributed by atoms with Gasteiger partial charge in [0.15, 0.2) is 0 Å². The molecule has 1 aromatic rings. The largest absolute Gasteiger partial charge is 0.495 e. The Bertz CT molecular complexity index is 453. The van der Waals surface area contributed by atoms with E-state index in [2.05, 4.69) is 22.8 Å². The molecule has 3 nitrogen and oxygen atoms in total. The molecule has 3 heteroatoms. The molecule has 1 aromatic carbocycles. The van der Waals surface area contributed by atoms with Crippen LogP contribution in [-0.2, 0) is 0 Å². The van der Waals surface area contributed by atoms with Gasteiger partial charge in [-0.25, -0.2) is 0 Å². The molecule has 0 atom stereocenters. The highest BCUT2D eigenvalue weighted by Gasteiger charge is 2.14. The monoisotopic (exact) mass is 245 g/mol. The third kappa shape index (κ3) is 2.96. The lowest BCUT2D eigenvalue weighted by atomic mass is 10.1. The first-order valence-electron chi connectivity index (χ1n) is 6.38. The summed E-state index contributed by atoms with van der Waals surface area (Å²) in [6.07, 6.45) is 3.81. The molecule has 1 saturated heterocycles. The SMILES string of the molecule is COc1cc(C#CCO)ccc1N1CCCCC1. The van der Waals surface area contributed by atoms with Gasteiger partial charge in [-0.15, -0.1) is 0 Å². The van der Waals surface area contributed by atoms with Gasteiger partial charge in [-0.05, 0) is 37.5 Å². The summed E-state index contributed by atoms with van der Waals surface area (Å²) in [5, 5.41) is 8.70. The maximum absolute atomic E-state index is 8.70. The molecule has 0 bridgehead atoms. The summed E-state index contributed by atoms with van der Waals surface area (Å²) in [5.41, 5.74) is 2.02. The van der Waals surface area contributed by atoms with Crippen molar-refractivity contribution in [1.82, 2.24) is 0 Å². The molecular formula is C15H19NO2. The summed E-state index contributed by atoms with van der Waals surface area (Å²) in [7, 11) is 1.69. The molecule has 1 heterocycles. The van der Waals surface area contributed by atoms with Crippen molar-refractivity contribution in [3.8, 4) is 17.6 Å². The van der Waals surface area contributed by atoms with Gasteiger partial charge in [0, 0.05) is 18.7 Å². The number of aliphatic hydroxyl groups is 1. The van der Waals surface area contributed by atoms with E-state index in [1.165, 1.54) is 19.3 Å². The standard InChI is InChI=1S/C15H19NO2/c1-18-15-12-13(6-5-11-17)7-8-14(15)16-9-3-2-4-10-16/h7-8,12,17H,2-4,9-11H2,1H3. The maximum atomic E-state index is 8.70. The molecule has 0 aliphatic carbocycles. The van der Waals surface area contributed by atoms with Crippen LogP contribution in [0, 0.1) is 11.8 Å². The topological polar surface area (TPSA) is 32.7 Å². The van der Waals surface area contributed by atoms with Gasteiger partial charge in [0.05, 0.1) is 12.8 Å². The molecule has 2 rings (SSSR count). The second-order valence-electron chi connectivity index (χ2n) is 4.39. The van der Waals surface area contributed by atoms with Crippen molar-refractivity contribution in [2.24, 2.45) is 0 Å². The quantitative estimate of drug-likeness (QED) is 0.809. The summed E-state index contributed by atoms with van der Waals surface area (Å²) < 4.78 is 5.45. The minimum Gasteiger partial charge on any atom is -0.495 e. The highest BCUT2D eigenvalue weighted by Crippen LogP contribution is 2.31. The Morgan fingerprint density at radius 1 is 1.28 bits per heavy atom. The summed E-state index contributed by atoms with van der Waals surface area (Å²) in [4.78, 5) is 2.37. The van der Waals surface area contributed by atoms with Crippen LogP contribution in [0.1, 0.15) is 24.8 Å². The molecule has 1 aliphatic rings. The molecule has 1 fully saturated rings. The van der Waals surface area contributed by atoms with Gasteiger partial charge >= 0.3 is 0 Å². The van der Waals surface area contributed by atoms with E-state index in [1.54, 1.807) is 7.11 Å². The first-order valence-corrected chi connectivity index (χ1v) is 6.38. The summed E-state index contributed by atoms with van der Waals surface area (Å²) in [5.74, 6) is 6.41. The van der Waals surface area contributed by atoms with Gasteiger partial charge in [-0.1, -0.05) is 11.8 Å². The number of aliphatic hydroxyl groups excluding tert-OH is 1. The van der Waals surface area contributed by atoms with Crippen molar-refractivity contribution in [3.05, 3.63) is 23.8 Å². The zero-order valence-electron chi connectivity index (χ0n) is 10.8. The Balaban J connectivity index is 2.24. The number of ether oxygens (including phenoxy) is 1. The predicted octanol–water partition coefficient (Wildman–Crippen LogP) is 2.03. The van der Waals surface area contributed by atoms with Gasteiger partial charge in [0.2, 0.25) is 0 Å². The van der Waals surface area contributed by atoms with Crippen molar-refractivity contribution < 1.29 is 9.84 Å².